The van der Waals surface area contributed by atoms with E-state index in [9.17, 15) is 51.5 Å². The second-order valence-corrected chi connectivity index (χ2v) is 29.2. The van der Waals surface area contributed by atoms with Crippen molar-refractivity contribution in [2.45, 2.75) is 224 Å². The first-order valence-electron chi connectivity index (χ1n) is 35.2. The Morgan fingerprint density at radius 2 is 1.22 bits per heavy atom. The zero-order valence-electron chi connectivity index (χ0n) is 59.9. The van der Waals surface area contributed by atoms with E-state index in [2.05, 4.69) is 16.0 Å². The molecule has 98 heavy (non-hydrogen) atoms. The van der Waals surface area contributed by atoms with E-state index >= 15 is 19.2 Å². The number of likely N-dealkylation sites (N-methyl/N-ethyl adjacent to an activating group) is 7. The molecule has 5 fully saturated rings. The fourth-order valence-electron chi connectivity index (χ4n) is 14.6. The summed E-state index contributed by atoms with van der Waals surface area (Å²) in [5.74, 6) is -9.06. The van der Waals surface area contributed by atoms with Gasteiger partial charge in [-0.1, -0.05) is 117 Å². The number of aryl methyl sites for hydroxylation is 1. The molecule has 3 N–H and O–H groups in total. The van der Waals surface area contributed by atoms with Gasteiger partial charge in [-0.15, -0.1) is 0 Å². The quantitative estimate of drug-likeness (QED) is 0.234. The van der Waals surface area contributed by atoms with E-state index in [-0.39, 0.29) is 63.3 Å². The van der Waals surface area contributed by atoms with Crippen molar-refractivity contribution in [3.63, 3.8) is 0 Å². The number of nitrogens with one attached hydrogen (secondary N) is 3. The second-order valence-electron chi connectivity index (χ2n) is 28.8. The fraction of sp³-hybridized carbons (Fsp3) is 0.743. The van der Waals surface area contributed by atoms with Crippen LogP contribution in [0.2, 0.25) is 5.02 Å². The van der Waals surface area contributed by atoms with Crippen molar-refractivity contribution in [2.24, 2.45) is 23.7 Å². The third-order valence-electron chi connectivity index (χ3n) is 21.2. The van der Waals surface area contributed by atoms with Crippen LogP contribution in [0.15, 0.2) is 18.2 Å². The molecule has 3 saturated heterocycles. The Morgan fingerprint density at radius 1 is 0.622 bits per heavy atom. The molecular weight excluding hydrogens is 1290 g/mol. The molecular formula is C70H108ClF3N12O12. The van der Waals surface area contributed by atoms with Gasteiger partial charge >= 0.3 is 6.18 Å². The normalized spacial score (nSPS) is 26.3. The van der Waals surface area contributed by atoms with Crippen molar-refractivity contribution in [3.8, 4) is 0 Å². The van der Waals surface area contributed by atoms with E-state index in [1.807, 2.05) is 27.7 Å². The molecule has 12 amide bonds. The molecule has 0 radical (unpaired) electrons. The van der Waals surface area contributed by atoms with Gasteiger partial charge in [-0.2, -0.15) is 13.2 Å². The molecule has 3 aliphatic heterocycles. The molecule has 6 rings (SSSR count). The van der Waals surface area contributed by atoms with Crippen molar-refractivity contribution < 1.29 is 70.7 Å². The van der Waals surface area contributed by atoms with E-state index in [0.29, 0.717) is 63.6 Å². The average Bonchev–Trinajstić information content (AvgIpc) is 1.37. The highest BCUT2D eigenvalue weighted by Gasteiger charge is 2.51. The van der Waals surface area contributed by atoms with Gasteiger partial charge in [0, 0.05) is 69.0 Å². The molecule has 5 aliphatic rings. The highest BCUT2D eigenvalue weighted by Crippen LogP contribution is 2.37. The fourth-order valence-corrected chi connectivity index (χ4v) is 14.9. The predicted molar refractivity (Wildman–Crippen MR) is 362 cm³/mol. The standard InChI is InChI=1S/C70H108ClF3N12O12/c1-14-44(5)59-66(96)80(9)41-57(89)78(7)42-58(90)82(11)53(38-46-24-17-16-18-25-46)64(94)79(8)40-55(87)75-50(30-28-47-27-29-48(49(71)37-47)70(72,73)74)63(93)86-35-23-26-51(86)62(92)77-69(31-19-20-32-69)68(98)84(13)60(45(6)15-2)67(97)83(12)54(65(95)85-33-21-22-34-85)39-56(88)81(10)52(36-43(3)4)61(91)76-59/h27,29,37,43-46,50-54,59-60H,14-26,28,30-36,38-42H2,1-13H3,(H,75,87)(H,76,91)(H,77,92)/t44-,45-,50-,51-,52-,53-,54+,59-,60-/m0/s1. The second kappa shape index (κ2) is 35.3. The van der Waals surface area contributed by atoms with Crippen molar-refractivity contribution in [1.82, 2.24) is 60.0 Å². The van der Waals surface area contributed by atoms with Gasteiger partial charge in [0.1, 0.15) is 47.8 Å². The Labute approximate surface area is 581 Å². The topological polar surface area (TPSA) is 270 Å². The van der Waals surface area contributed by atoms with Crippen LogP contribution in [0.5, 0.6) is 0 Å². The number of carbonyl (C=O) groups excluding carboxylic acids is 12. The van der Waals surface area contributed by atoms with Crippen LogP contribution in [-0.4, -0.2) is 251 Å². The SMILES string of the molecule is CC[C@H](C)[C@@H]1NC(=O)[C@H](CC(C)C)N(C)C(=O)C[C@H](C(=O)N2CCCC2)N(C)C(=O)[C@H]([C@@H](C)CC)N(C)C(=O)C2(CCCC2)NC(=O)[C@@H]2CCCN2C(=O)[C@H](CCc2ccc(C(F)(F)F)c(Cl)c2)NC(=O)CN(C)C(=O)[C@H](CC2CCCCC2)N(C)C(=O)CN(C)C(=O)CN(C)C1=O. The zero-order valence-corrected chi connectivity index (χ0v) is 60.7. The average molecular weight is 1400 g/mol. The molecule has 1 aromatic rings. The summed E-state index contributed by atoms with van der Waals surface area (Å²) in [5.41, 5.74) is -2.36. The monoisotopic (exact) mass is 1400 g/mol. The number of amides is 12. The molecule has 9 atom stereocenters. The van der Waals surface area contributed by atoms with Crippen molar-refractivity contribution in [1.29, 1.82) is 0 Å². The van der Waals surface area contributed by atoms with Gasteiger partial charge in [0.15, 0.2) is 0 Å². The zero-order chi connectivity index (χ0) is 72.8. The van der Waals surface area contributed by atoms with Crippen LogP contribution in [0.4, 0.5) is 13.2 Å². The van der Waals surface area contributed by atoms with Gasteiger partial charge < -0.3 is 60.0 Å². The van der Waals surface area contributed by atoms with Crippen LogP contribution in [0.3, 0.4) is 0 Å². The van der Waals surface area contributed by atoms with Gasteiger partial charge in [-0.05, 0) is 106 Å². The number of fused-ring (bicyclic) bond motifs is 1. The maximum absolute atomic E-state index is 15.5. The first-order chi connectivity index (χ1) is 46.1. The molecule has 2 aliphatic carbocycles. The molecule has 28 heteroatoms. The number of benzene rings is 1. The van der Waals surface area contributed by atoms with E-state index in [1.165, 1.54) is 79.9 Å². The molecule has 548 valence electrons. The molecule has 2 saturated carbocycles. The van der Waals surface area contributed by atoms with Crippen LogP contribution < -0.4 is 16.0 Å². The summed E-state index contributed by atoms with van der Waals surface area (Å²) in [5, 5.41) is 8.10. The van der Waals surface area contributed by atoms with Gasteiger partial charge in [0.05, 0.1) is 36.6 Å². The van der Waals surface area contributed by atoms with Gasteiger partial charge in [-0.3, -0.25) is 57.5 Å². The minimum atomic E-state index is -4.76. The maximum atomic E-state index is 15.5. The molecule has 1 aromatic carbocycles. The smallest absolute Gasteiger partial charge is 0.343 e. The maximum Gasteiger partial charge on any atom is 0.417 e. The van der Waals surface area contributed by atoms with E-state index in [0.717, 1.165) is 58.9 Å². The molecule has 0 unspecified atom stereocenters. The molecule has 0 bridgehead atoms. The summed E-state index contributed by atoms with van der Waals surface area (Å²) in [7, 11) is 9.87. The number of carbonyl (C=O) groups is 12. The molecule has 24 nitrogen and oxygen atoms in total. The van der Waals surface area contributed by atoms with Crippen molar-refractivity contribution in [3.05, 3.63) is 34.3 Å². The minimum absolute atomic E-state index is 0.0185. The number of rotatable bonds is 12. The van der Waals surface area contributed by atoms with Crippen LogP contribution in [-0.2, 0) is 70.1 Å². The van der Waals surface area contributed by atoms with Gasteiger partial charge in [0.25, 0.3) is 0 Å². The summed E-state index contributed by atoms with van der Waals surface area (Å²) in [6.07, 6.45) is 2.99. The van der Waals surface area contributed by atoms with Crippen molar-refractivity contribution in [2.75, 3.05) is 88.6 Å². The summed E-state index contributed by atoms with van der Waals surface area (Å²) < 4.78 is 41.5. The Kier molecular flexibility index (Phi) is 28.8. The van der Waals surface area contributed by atoms with Gasteiger partial charge in [0.2, 0.25) is 70.9 Å². The highest BCUT2D eigenvalue weighted by atomic mass is 35.5. The van der Waals surface area contributed by atoms with Crippen LogP contribution in [0.25, 0.3) is 0 Å². The van der Waals surface area contributed by atoms with Crippen molar-refractivity contribution >= 4 is 82.5 Å². The number of hydrogen-bond acceptors (Lipinski definition) is 12. The Hall–Kier alpha value is -7.06. The minimum Gasteiger partial charge on any atom is -0.343 e. The lowest BCUT2D eigenvalue weighted by molar-refractivity contribution is -0.156. The van der Waals surface area contributed by atoms with E-state index in [4.69, 9.17) is 11.6 Å². The lowest BCUT2D eigenvalue weighted by Crippen LogP contribution is -2.65. The molecule has 1 spiro atoms. The van der Waals surface area contributed by atoms with E-state index in [1.54, 1.807) is 18.7 Å². The highest BCUT2D eigenvalue weighted by molar-refractivity contribution is 6.31. The lowest BCUT2D eigenvalue weighted by Gasteiger charge is -2.42. The first-order valence-corrected chi connectivity index (χ1v) is 35.6. The number of alkyl halides is 3. The molecule has 3 heterocycles. The van der Waals surface area contributed by atoms with Crippen LogP contribution in [0.1, 0.15) is 175 Å². The molecule has 0 aromatic heterocycles. The Bertz CT molecular complexity index is 3050. The summed E-state index contributed by atoms with van der Waals surface area (Å²) in [6, 6.07) is -5.64. The Balaban J connectivity index is 1.42. The first kappa shape index (κ1) is 79.9. The summed E-state index contributed by atoms with van der Waals surface area (Å²) >= 11 is 6.14. The largest absolute Gasteiger partial charge is 0.417 e. The number of likely N-dealkylation sites (tertiary alicyclic amines) is 1. The van der Waals surface area contributed by atoms with Crippen LogP contribution >= 0.6 is 11.6 Å². The number of halogens is 4. The van der Waals surface area contributed by atoms with Gasteiger partial charge in [-0.25, -0.2) is 0 Å². The number of hydrogen-bond donors (Lipinski definition) is 3. The third kappa shape index (κ3) is 19.9. The van der Waals surface area contributed by atoms with Crippen LogP contribution in [0, 0.1) is 23.7 Å². The summed E-state index contributed by atoms with van der Waals surface area (Å²) in [6.45, 7) is 10.0. The lowest BCUT2D eigenvalue weighted by atomic mass is 9.84. The Morgan fingerprint density at radius 3 is 1.82 bits per heavy atom. The predicted octanol–water partition coefficient (Wildman–Crippen LogP) is 5.50. The third-order valence-corrected chi connectivity index (χ3v) is 21.5. The number of nitrogens with zero attached hydrogens (tertiary/aromatic N) is 9. The van der Waals surface area contributed by atoms with E-state index < -0.39 is 173 Å². The summed E-state index contributed by atoms with van der Waals surface area (Å²) in [4.78, 5) is 189.